The largest absolute Gasteiger partial charge is 0.444 e. The van der Waals surface area contributed by atoms with Gasteiger partial charge in [0.05, 0.1) is 5.54 Å². The first-order chi connectivity index (χ1) is 15.8. The molecule has 1 heterocycles. The van der Waals surface area contributed by atoms with E-state index in [0.29, 0.717) is 13.0 Å². The number of nitrogens with one attached hydrogen (secondary N) is 2. The molecule has 1 aromatic rings. The Morgan fingerprint density at radius 2 is 1.74 bits per heavy atom. The van der Waals surface area contributed by atoms with Crippen molar-refractivity contribution in [1.29, 1.82) is 0 Å². The van der Waals surface area contributed by atoms with Gasteiger partial charge in [0, 0.05) is 12.1 Å². The first-order valence-corrected chi connectivity index (χ1v) is 11.9. The lowest BCUT2D eigenvalue weighted by molar-refractivity contribution is -0.142. The minimum atomic E-state index is -0.818. The van der Waals surface area contributed by atoms with Crippen molar-refractivity contribution in [1.82, 2.24) is 15.5 Å². The topological polar surface area (TPSA) is 87.7 Å². The Kier molecular flexibility index (Phi) is 7.02. The first-order valence-electron chi connectivity index (χ1n) is 11.9. The van der Waals surface area contributed by atoms with E-state index in [4.69, 9.17) is 11.2 Å². The number of nitrogens with zero attached hydrogens (tertiary/aromatic N) is 1. The van der Waals surface area contributed by atoms with E-state index in [0.717, 1.165) is 30.4 Å². The maximum absolute atomic E-state index is 13.6. The number of carbonyl (C=O) groups excluding carboxylic acids is 3. The lowest BCUT2D eigenvalue weighted by Crippen LogP contribution is -2.58. The second-order valence-electron chi connectivity index (χ2n) is 11.4. The minimum Gasteiger partial charge on any atom is -0.444 e. The molecule has 7 heteroatoms. The van der Waals surface area contributed by atoms with E-state index in [2.05, 4.69) is 16.6 Å². The van der Waals surface area contributed by atoms with Crippen molar-refractivity contribution in [3.63, 3.8) is 0 Å². The highest BCUT2D eigenvalue weighted by molar-refractivity contribution is 5.92. The molecule has 0 bridgehead atoms. The van der Waals surface area contributed by atoms with Crippen LogP contribution in [0.25, 0.3) is 0 Å². The molecular weight excluding hydrogens is 430 g/mol. The lowest BCUT2D eigenvalue weighted by atomic mass is 9.85. The fraction of sp³-hybridized carbons (Fsp3) is 0.593. The highest BCUT2D eigenvalue weighted by Gasteiger charge is 2.49. The van der Waals surface area contributed by atoms with Crippen LogP contribution in [0.3, 0.4) is 0 Å². The van der Waals surface area contributed by atoms with Crippen LogP contribution < -0.4 is 10.6 Å². The normalized spacial score (nSPS) is 20.1. The van der Waals surface area contributed by atoms with E-state index >= 15 is 0 Å². The molecule has 1 saturated heterocycles. The summed E-state index contributed by atoms with van der Waals surface area (Å²) in [6.07, 6.45) is 7.83. The van der Waals surface area contributed by atoms with Crippen molar-refractivity contribution in [3.05, 3.63) is 35.4 Å². The fourth-order valence-corrected chi connectivity index (χ4v) is 4.36. The standard InChI is InChI=1S/C27H37N3O4/c1-8-18-11-13-19(14-12-18)27(15-16-27)29-22(31)20-10-9-17-30(20)23(32)21(25(2,3)4)28-24(33)34-26(5,6)7/h1,11-14,20-21H,9-10,15-17H2,2-7H3,(H,28,33)(H,29,31). The van der Waals surface area contributed by atoms with E-state index in [9.17, 15) is 14.4 Å². The van der Waals surface area contributed by atoms with Gasteiger partial charge in [-0.05, 0) is 69.6 Å². The van der Waals surface area contributed by atoms with Crippen LogP contribution >= 0.6 is 0 Å². The highest BCUT2D eigenvalue weighted by atomic mass is 16.6. The minimum absolute atomic E-state index is 0.158. The molecule has 0 aromatic heterocycles. The summed E-state index contributed by atoms with van der Waals surface area (Å²) in [6, 6.07) is 6.29. The molecule has 1 saturated carbocycles. The molecule has 1 aliphatic carbocycles. The summed E-state index contributed by atoms with van der Waals surface area (Å²) in [4.78, 5) is 41.0. The molecule has 3 amide bonds. The van der Waals surface area contributed by atoms with Crippen LogP contribution in [-0.2, 0) is 19.9 Å². The zero-order valence-corrected chi connectivity index (χ0v) is 21.2. The zero-order chi connectivity index (χ0) is 25.3. The van der Waals surface area contributed by atoms with Crippen LogP contribution in [0.1, 0.15) is 78.4 Å². The number of carbonyl (C=O) groups is 3. The number of benzene rings is 1. The smallest absolute Gasteiger partial charge is 0.408 e. The van der Waals surface area contributed by atoms with Crippen LogP contribution in [0, 0.1) is 17.8 Å². The average molecular weight is 468 g/mol. The van der Waals surface area contributed by atoms with Gasteiger partial charge in [-0.1, -0.05) is 38.8 Å². The molecule has 2 N–H and O–H groups in total. The van der Waals surface area contributed by atoms with Crippen molar-refractivity contribution in [2.24, 2.45) is 5.41 Å². The van der Waals surface area contributed by atoms with Gasteiger partial charge in [0.25, 0.3) is 0 Å². The Balaban J connectivity index is 1.73. The van der Waals surface area contributed by atoms with Crippen LogP contribution in [0.5, 0.6) is 0 Å². The summed E-state index contributed by atoms with van der Waals surface area (Å²) < 4.78 is 5.38. The van der Waals surface area contributed by atoms with E-state index in [1.54, 1.807) is 25.7 Å². The SMILES string of the molecule is C#Cc1ccc(C2(NC(=O)C3CCCN3C(=O)C(NC(=O)OC(C)(C)C)C(C)(C)C)CC2)cc1. The van der Waals surface area contributed by atoms with Gasteiger partial charge in [-0.2, -0.15) is 0 Å². The van der Waals surface area contributed by atoms with Gasteiger partial charge in [0.2, 0.25) is 11.8 Å². The third-order valence-electron chi connectivity index (χ3n) is 6.33. The number of likely N-dealkylation sites (tertiary alicyclic amines) is 1. The molecule has 3 rings (SSSR count). The number of hydrogen-bond acceptors (Lipinski definition) is 4. The third-order valence-corrected chi connectivity index (χ3v) is 6.33. The zero-order valence-electron chi connectivity index (χ0n) is 21.2. The van der Waals surface area contributed by atoms with Crippen molar-refractivity contribution >= 4 is 17.9 Å². The molecule has 184 valence electrons. The molecule has 2 fully saturated rings. The van der Waals surface area contributed by atoms with E-state index < -0.39 is 34.7 Å². The summed E-state index contributed by atoms with van der Waals surface area (Å²) in [5.41, 5.74) is 0.176. The van der Waals surface area contributed by atoms with Gasteiger partial charge in [0.15, 0.2) is 0 Å². The fourth-order valence-electron chi connectivity index (χ4n) is 4.36. The highest BCUT2D eigenvalue weighted by Crippen LogP contribution is 2.45. The van der Waals surface area contributed by atoms with E-state index in [1.807, 2.05) is 45.0 Å². The van der Waals surface area contributed by atoms with Gasteiger partial charge < -0.3 is 20.3 Å². The molecule has 0 radical (unpaired) electrons. The third kappa shape index (κ3) is 5.91. The van der Waals surface area contributed by atoms with Crippen molar-refractivity contribution in [3.8, 4) is 12.3 Å². The molecule has 0 spiro atoms. The predicted octanol–water partition coefficient (Wildman–Crippen LogP) is 3.70. The Morgan fingerprint density at radius 1 is 1.12 bits per heavy atom. The number of terminal acetylenes is 1. The summed E-state index contributed by atoms with van der Waals surface area (Å²) in [7, 11) is 0. The van der Waals surface area contributed by atoms with Crippen molar-refractivity contribution < 1.29 is 19.1 Å². The van der Waals surface area contributed by atoms with Crippen LogP contribution in [-0.4, -0.2) is 47.0 Å². The lowest BCUT2D eigenvalue weighted by Gasteiger charge is -2.36. The molecular formula is C27H37N3O4. The number of rotatable bonds is 5. The average Bonchev–Trinajstić information content (AvgIpc) is 3.33. The van der Waals surface area contributed by atoms with Gasteiger partial charge in [-0.15, -0.1) is 6.42 Å². The first kappa shape index (κ1) is 25.6. The molecule has 2 unspecified atom stereocenters. The number of ether oxygens (including phenoxy) is 1. The number of alkyl carbamates (subject to hydrolysis) is 1. The van der Waals surface area contributed by atoms with Crippen molar-refractivity contribution in [2.45, 2.75) is 90.4 Å². The van der Waals surface area contributed by atoms with Crippen molar-refractivity contribution in [2.75, 3.05) is 6.54 Å². The second kappa shape index (κ2) is 9.32. The maximum Gasteiger partial charge on any atom is 0.408 e. The number of amides is 3. The maximum atomic E-state index is 13.6. The molecule has 34 heavy (non-hydrogen) atoms. The van der Waals surface area contributed by atoms with Gasteiger partial charge >= 0.3 is 6.09 Å². The number of hydrogen-bond donors (Lipinski definition) is 2. The van der Waals surface area contributed by atoms with E-state index in [-0.39, 0.29) is 11.8 Å². The molecule has 1 aliphatic heterocycles. The van der Waals surface area contributed by atoms with Crippen LogP contribution in [0.4, 0.5) is 4.79 Å². The predicted molar refractivity (Wildman–Crippen MR) is 131 cm³/mol. The Hall–Kier alpha value is -3.01. The van der Waals surface area contributed by atoms with Gasteiger partial charge in [0.1, 0.15) is 17.7 Å². The monoisotopic (exact) mass is 467 g/mol. The Bertz CT molecular complexity index is 975. The Labute approximate surface area is 203 Å². The Morgan fingerprint density at radius 3 is 2.24 bits per heavy atom. The molecule has 1 aromatic carbocycles. The second-order valence-corrected chi connectivity index (χ2v) is 11.4. The van der Waals surface area contributed by atoms with Crippen LogP contribution in [0.15, 0.2) is 24.3 Å². The van der Waals surface area contributed by atoms with Gasteiger partial charge in [-0.25, -0.2) is 4.79 Å². The quantitative estimate of drug-likeness (QED) is 0.647. The van der Waals surface area contributed by atoms with Crippen LogP contribution in [0.2, 0.25) is 0 Å². The molecule has 7 nitrogen and oxygen atoms in total. The molecule has 2 aliphatic rings. The summed E-state index contributed by atoms with van der Waals surface area (Å²) in [5.74, 6) is 2.19. The van der Waals surface area contributed by atoms with E-state index in [1.165, 1.54) is 0 Å². The molecule has 2 atom stereocenters. The summed E-state index contributed by atoms with van der Waals surface area (Å²) in [5, 5.41) is 5.95. The van der Waals surface area contributed by atoms with Gasteiger partial charge in [-0.3, -0.25) is 9.59 Å². The summed E-state index contributed by atoms with van der Waals surface area (Å²) >= 11 is 0. The summed E-state index contributed by atoms with van der Waals surface area (Å²) in [6.45, 7) is 11.5.